The first-order valence-corrected chi connectivity index (χ1v) is 10.0. The lowest BCUT2D eigenvalue weighted by Crippen LogP contribution is -2.28. The van der Waals surface area contributed by atoms with Crippen LogP contribution in [-0.2, 0) is 0 Å². The molecular weight excluding hydrogens is 380 g/mol. The van der Waals surface area contributed by atoms with E-state index in [0.29, 0.717) is 23.3 Å². The van der Waals surface area contributed by atoms with Crippen molar-refractivity contribution in [3.8, 4) is 28.5 Å². The van der Waals surface area contributed by atoms with E-state index in [-0.39, 0.29) is 6.10 Å². The zero-order chi connectivity index (χ0) is 19.7. The molecule has 0 bridgehead atoms. The van der Waals surface area contributed by atoms with E-state index in [4.69, 9.17) is 19.2 Å². The van der Waals surface area contributed by atoms with Gasteiger partial charge in [-0.15, -0.1) is 5.10 Å². The van der Waals surface area contributed by atoms with E-state index >= 15 is 0 Å². The summed E-state index contributed by atoms with van der Waals surface area (Å²) < 4.78 is 18.0. The fraction of sp³-hybridized carbons (Fsp3) is 0.474. The number of aliphatic hydroxyl groups excluding tert-OH is 1. The molecule has 0 spiro atoms. The maximum absolute atomic E-state index is 9.64. The number of fused-ring (bicyclic) bond motifs is 1. The Balaban J connectivity index is 1.58. The number of methoxy groups -OCH3 is 3. The van der Waals surface area contributed by atoms with Crippen LogP contribution < -0.4 is 19.5 Å². The number of benzene rings is 1. The molecule has 3 aromatic rings. The van der Waals surface area contributed by atoms with Gasteiger partial charge in [-0.05, 0) is 37.8 Å². The minimum Gasteiger partial charge on any atom is -0.493 e. The Hall–Kier alpha value is -2.52. The average Bonchev–Trinajstić information content (AvgIpc) is 3.27. The number of aliphatic hydroxyl groups is 1. The van der Waals surface area contributed by atoms with E-state index < -0.39 is 0 Å². The van der Waals surface area contributed by atoms with Gasteiger partial charge in [0.15, 0.2) is 11.5 Å². The molecule has 1 saturated carbocycles. The highest BCUT2D eigenvalue weighted by molar-refractivity contribution is 7.20. The van der Waals surface area contributed by atoms with Gasteiger partial charge in [0.2, 0.25) is 15.8 Å². The number of aromatic nitrogens is 3. The van der Waals surface area contributed by atoms with Crippen molar-refractivity contribution in [2.75, 3.05) is 26.6 Å². The van der Waals surface area contributed by atoms with Gasteiger partial charge in [0, 0.05) is 11.6 Å². The highest BCUT2D eigenvalue weighted by Crippen LogP contribution is 2.41. The van der Waals surface area contributed by atoms with E-state index in [1.165, 1.54) is 11.3 Å². The quantitative estimate of drug-likeness (QED) is 0.652. The van der Waals surface area contributed by atoms with E-state index in [0.717, 1.165) is 47.0 Å². The van der Waals surface area contributed by atoms with Gasteiger partial charge >= 0.3 is 0 Å². The van der Waals surface area contributed by atoms with Crippen LogP contribution in [0.4, 0.5) is 5.13 Å². The monoisotopic (exact) mass is 404 g/mol. The van der Waals surface area contributed by atoms with Crippen LogP contribution in [0.1, 0.15) is 25.7 Å². The Labute approximate surface area is 167 Å². The molecule has 0 amide bonds. The summed E-state index contributed by atoms with van der Waals surface area (Å²) in [5.41, 5.74) is 1.65. The summed E-state index contributed by atoms with van der Waals surface area (Å²) in [5.74, 6) is 1.72. The molecule has 2 aromatic heterocycles. The predicted octanol–water partition coefficient (Wildman–Crippen LogP) is 3.20. The molecule has 1 aliphatic rings. The summed E-state index contributed by atoms with van der Waals surface area (Å²) in [6, 6.07) is 4.11. The molecule has 1 aromatic carbocycles. The Morgan fingerprint density at radius 3 is 2.32 bits per heavy atom. The first kappa shape index (κ1) is 18.8. The molecule has 0 saturated heterocycles. The normalized spacial score (nSPS) is 19.6. The second kappa shape index (κ2) is 7.84. The molecule has 28 heavy (non-hydrogen) atoms. The molecular formula is C19H24N4O4S. The Morgan fingerprint density at radius 2 is 1.75 bits per heavy atom. The zero-order valence-corrected chi connectivity index (χ0v) is 17.0. The lowest BCUT2D eigenvalue weighted by Gasteiger charge is -2.25. The van der Waals surface area contributed by atoms with Crippen LogP contribution in [0.2, 0.25) is 0 Å². The van der Waals surface area contributed by atoms with Crippen molar-refractivity contribution < 1.29 is 19.3 Å². The Bertz CT molecular complexity index is 906. The third-order valence-electron chi connectivity index (χ3n) is 5.03. The molecule has 9 heteroatoms. The lowest BCUT2D eigenvalue weighted by atomic mass is 9.93. The zero-order valence-electron chi connectivity index (χ0n) is 16.1. The predicted molar refractivity (Wildman–Crippen MR) is 108 cm³/mol. The summed E-state index contributed by atoms with van der Waals surface area (Å²) in [7, 11) is 4.77. The fourth-order valence-electron chi connectivity index (χ4n) is 3.52. The summed E-state index contributed by atoms with van der Waals surface area (Å²) in [4.78, 5) is 5.51. The second-order valence-electron chi connectivity index (χ2n) is 6.82. The topological polar surface area (TPSA) is 90.1 Å². The number of anilines is 1. The van der Waals surface area contributed by atoms with Gasteiger partial charge in [0.25, 0.3) is 0 Å². The van der Waals surface area contributed by atoms with Crippen molar-refractivity contribution in [2.45, 2.75) is 37.8 Å². The smallest absolute Gasteiger partial charge is 0.214 e. The van der Waals surface area contributed by atoms with Crippen molar-refractivity contribution >= 4 is 21.4 Å². The third kappa shape index (κ3) is 3.59. The van der Waals surface area contributed by atoms with Gasteiger partial charge < -0.3 is 24.6 Å². The van der Waals surface area contributed by atoms with Crippen LogP contribution in [0.15, 0.2) is 18.3 Å². The number of ether oxygens (including phenoxy) is 3. The van der Waals surface area contributed by atoms with Crippen LogP contribution in [-0.4, -0.2) is 53.2 Å². The molecule has 2 N–H and O–H groups in total. The Morgan fingerprint density at radius 1 is 1.07 bits per heavy atom. The maximum Gasteiger partial charge on any atom is 0.214 e. The van der Waals surface area contributed by atoms with E-state index in [1.807, 2.05) is 18.3 Å². The molecule has 2 heterocycles. The number of hydrogen-bond acceptors (Lipinski definition) is 8. The summed E-state index contributed by atoms with van der Waals surface area (Å²) in [5, 5.41) is 18.6. The molecule has 0 radical (unpaired) electrons. The van der Waals surface area contributed by atoms with Gasteiger partial charge in [-0.1, -0.05) is 11.3 Å². The van der Waals surface area contributed by atoms with Crippen LogP contribution in [0.3, 0.4) is 0 Å². The van der Waals surface area contributed by atoms with Gasteiger partial charge in [-0.25, -0.2) is 9.50 Å². The lowest BCUT2D eigenvalue weighted by molar-refractivity contribution is 0.126. The molecule has 0 unspecified atom stereocenters. The standard InChI is InChI=1S/C19H24N4O4S/c1-25-15-8-11(9-16(26-2)17(15)27-3)14-10-23-19(21-14)28-18(22-23)20-12-4-6-13(24)7-5-12/h8-10,12-13,24H,4-7H2,1-3H3,(H,20,22). The van der Waals surface area contributed by atoms with Crippen molar-refractivity contribution in [3.05, 3.63) is 18.3 Å². The van der Waals surface area contributed by atoms with E-state index in [2.05, 4.69) is 10.4 Å². The fourth-order valence-corrected chi connectivity index (χ4v) is 4.38. The van der Waals surface area contributed by atoms with Gasteiger partial charge in [0.1, 0.15) is 0 Å². The van der Waals surface area contributed by atoms with Crippen molar-refractivity contribution in [1.82, 2.24) is 14.6 Å². The summed E-state index contributed by atoms with van der Waals surface area (Å²) >= 11 is 1.51. The van der Waals surface area contributed by atoms with E-state index in [9.17, 15) is 5.11 Å². The van der Waals surface area contributed by atoms with Crippen molar-refractivity contribution in [1.29, 1.82) is 0 Å². The molecule has 1 fully saturated rings. The number of imidazole rings is 1. The van der Waals surface area contributed by atoms with Gasteiger partial charge in [0.05, 0.1) is 39.3 Å². The average molecular weight is 404 g/mol. The van der Waals surface area contributed by atoms with Gasteiger partial charge in [-0.2, -0.15) is 0 Å². The SMILES string of the molecule is COc1cc(-c2cn3nc(NC4CCC(O)CC4)sc3n2)cc(OC)c1OC. The minimum atomic E-state index is -0.160. The van der Waals surface area contributed by atoms with Crippen LogP contribution >= 0.6 is 11.3 Å². The minimum absolute atomic E-state index is 0.160. The maximum atomic E-state index is 9.64. The first-order chi connectivity index (χ1) is 13.6. The van der Waals surface area contributed by atoms with Crippen LogP contribution in [0.5, 0.6) is 17.2 Å². The third-order valence-corrected chi connectivity index (χ3v) is 5.88. The number of nitrogens with zero attached hydrogens (tertiary/aromatic N) is 3. The van der Waals surface area contributed by atoms with Crippen molar-refractivity contribution in [2.24, 2.45) is 0 Å². The summed E-state index contributed by atoms with van der Waals surface area (Å²) in [6.07, 6.45) is 5.33. The highest BCUT2D eigenvalue weighted by atomic mass is 32.1. The Kier molecular flexibility index (Phi) is 5.27. The van der Waals surface area contributed by atoms with Crippen LogP contribution in [0.25, 0.3) is 16.2 Å². The molecule has 8 nitrogen and oxygen atoms in total. The highest BCUT2D eigenvalue weighted by Gasteiger charge is 2.21. The largest absolute Gasteiger partial charge is 0.493 e. The second-order valence-corrected chi connectivity index (χ2v) is 7.78. The molecule has 0 aliphatic heterocycles. The first-order valence-electron chi connectivity index (χ1n) is 9.22. The van der Waals surface area contributed by atoms with Crippen molar-refractivity contribution in [3.63, 3.8) is 0 Å². The number of rotatable bonds is 6. The molecule has 4 rings (SSSR count). The van der Waals surface area contributed by atoms with Gasteiger partial charge in [-0.3, -0.25) is 0 Å². The number of nitrogens with one attached hydrogen (secondary N) is 1. The molecule has 1 aliphatic carbocycles. The summed E-state index contributed by atoms with van der Waals surface area (Å²) in [6.45, 7) is 0. The molecule has 150 valence electrons. The van der Waals surface area contributed by atoms with E-state index in [1.54, 1.807) is 25.8 Å². The van der Waals surface area contributed by atoms with Crippen LogP contribution in [0, 0.1) is 0 Å². The molecule has 0 atom stereocenters. The number of hydrogen-bond donors (Lipinski definition) is 2.